The predicted octanol–water partition coefficient (Wildman–Crippen LogP) is 4.29. The van der Waals surface area contributed by atoms with E-state index in [0.29, 0.717) is 18.5 Å². The van der Waals surface area contributed by atoms with Crippen LogP contribution in [0.5, 0.6) is 0 Å². The average Bonchev–Trinajstić information content (AvgIpc) is 3.11. The van der Waals surface area contributed by atoms with Gasteiger partial charge in [-0.3, -0.25) is 4.79 Å². The van der Waals surface area contributed by atoms with Crippen molar-refractivity contribution < 1.29 is 18.4 Å². The molecule has 1 aliphatic heterocycles. The molecule has 0 N–H and O–H groups in total. The summed E-state index contributed by atoms with van der Waals surface area (Å²) in [7, 11) is 0. The molecule has 4 nitrogen and oxygen atoms in total. The first kappa shape index (κ1) is 18.6. The molecule has 1 atom stereocenters. The standard InChI is InChI=1S/C22H22F2N2O2/c23-18-10-9-17(20(24)11-18)13-26(22(27)16-7-4-8-16)14-19-12-21(25-28-19)15-5-2-1-3-6-15/h1-3,5-6,9-11,16,19H,4,7-8,12-14H2/t19-/m0/s1. The molecule has 1 amide bonds. The van der Waals surface area contributed by atoms with Gasteiger partial charge in [-0.05, 0) is 24.5 Å². The van der Waals surface area contributed by atoms with Crippen molar-refractivity contribution in [2.24, 2.45) is 11.1 Å². The van der Waals surface area contributed by atoms with Gasteiger partial charge in [0, 0.05) is 30.5 Å². The summed E-state index contributed by atoms with van der Waals surface area (Å²) in [5.74, 6) is -1.27. The third-order valence-electron chi connectivity index (χ3n) is 5.41. The second-order valence-electron chi connectivity index (χ2n) is 7.42. The van der Waals surface area contributed by atoms with Gasteiger partial charge in [0.1, 0.15) is 11.6 Å². The Kier molecular flexibility index (Phi) is 5.37. The lowest BCUT2D eigenvalue weighted by Gasteiger charge is -2.32. The topological polar surface area (TPSA) is 41.9 Å². The number of rotatable bonds is 6. The molecule has 2 aromatic rings. The van der Waals surface area contributed by atoms with Crippen molar-refractivity contribution in [3.63, 3.8) is 0 Å². The Morgan fingerprint density at radius 1 is 1.14 bits per heavy atom. The van der Waals surface area contributed by atoms with E-state index in [-0.39, 0.29) is 24.5 Å². The molecule has 0 saturated heterocycles. The van der Waals surface area contributed by atoms with E-state index >= 15 is 0 Å². The number of amides is 1. The largest absolute Gasteiger partial charge is 0.390 e. The molecule has 2 aliphatic rings. The zero-order chi connectivity index (χ0) is 19.5. The minimum Gasteiger partial charge on any atom is -0.390 e. The van der Waals surface area contributed by atoms with Crippen LogP contribution in [0.25, 0.3) is 0 Å². The van der Waals surface area contributed by atoms with E-state index in [1.54, 1.807) is 4.90 Å². The Morgan fingerprint density at radius 2 is 1.93 bits per heavy atom. The second-order valence-corrected chi connectivity index (χ2v) is 7.42. The van der Waals surface area contributed by atoms with Gasteiger partial charge in [-0.2, -0.15) is 0 Å². The Balaban J connectivity index is 1.46. The van der Waals surface area contributed by atoms with Gasteiger partial charge in [0.15, 0.2) is 6.10 Å². The second kappa shape index (κ2) is 8.09. The van der Waals surface area contributed by atoms with Crippen LogP contribution in [0, 0.1) is 17.6 Å². The van der Waals surface area contributed by atoms with Gasteiger partial charge in [-0.1, -0.05) is 48.0 Å². The first-order chi connectivity index (χ1) is 13.6. The van der Waals surface area contributed by atoms with E-state index in [4.69, 9.17) is 4.84 Å². The first-order valence-electron chi connectivity index (χ1n) is 9.61. The lowest BCUT2D eigenvalue weighted by atomic mass is 9.84. The average molecular weight is 384 g/mol. The van der Waals surface area contributed by atoms with Crippen molar-refractivity contribution in [3.8, 4) is 0 Å². The molecule has 0 radical (unpaired) electrons. The molecular weight excluding hydrogens is 362 g/mol. The van der Waals surface area contributed by atoms with Gasteiger partial charge in [0.2, 0.25) is 5.91 Å². The van der Waals surface area contributed by atoms with E-state index in [1.807, 2.05) is 30.3 Å². The van der Waals surface area contributed by atoms with Crippen LogP contribution in [0.1, 0.15) is 36.8 Å². The summed E-state index contributed by atoms with van der Waals surface area (Å²) in [6.45, 7) is 0.425. The molecule has 4 rings (SSSR count). The molecule has 1 heterocycles. The maximum Gasteiger partial charge on any atom is 0.226 e. The van der Waals surface area contributed by atoms with Crippen LogP contribution in [-0.2, 0) is 16.2 Å². The number of oxime groups is 1. The van der Waals surface area contributed by atoms with Gasteiger partial charge in [0.05, 0.1) is 12.3 Å². The molecule has 0 aromatic heterocycles. The van der Waals surface area contributed by atoms with Crippen LogP contribution in [0.15, 0.2) is 53.7 Å². The Morgan fingerprint density at radius 3 is 2.61 bits per heavy atom. The van der Waals surface area contributed by atoms with Crippen molar-refractivity contribution in [1.29, 1.82) is 0 Å². The maximum atomic E-state index is 14.1. The molecule has 1 saturated carbocycles. The molecule has 0 unspecified atom stereocenters. The number of benzene rings is 2. The van der Waals surface area contributed by atoms with Crippen molar-refractivity contribution in [2.75, 3.05) is 6.54 Å². The highest BCUT2D eigenvalue weighted by atomic mass is 19.1. The van der Waals surface area contributed by atoms with Gasteiger partial charge in [0.25, 0.3) is 0 Å². The number of carbonyl (C=O) groups excluding carboxylic acids is 1. The maximum absolute atomic E-state index is 14.1. The molecule has 1 fully saturated rings. The van der Waals surface area contributed by atoms with Gasteiger partial charge in [-0.15, -0.1) is 0 Å². The van der Waals surface area contributed by atoms with Crippen LogP contribution in [-0.4, -0.2) is 29.2 Å². The van der Waals surface area contributed by atoms with Crippen molar-refractivity contribution in [3.05, 3.63) is 71.3 Å². The minimum atomic E-state index is -0.639. The molecule has 2 aromatic carbocycles. The Labute approximate surface area is 162 Å². The lowest BCUT2D eigenvalue weighted by molar-refractivity contribution is -0.140. The fourth-order valence-corrected chi connectivity index (χ4v) is 3.57. The highest BCUT2D eigenvalue weighted by Gasteiger charge is 2.33. The predicted molar refractivity (Wildman–Crippen MR) is 102 cm³/mol. The van der Waals surface area contributed by atoms with Crippen LogP contribution in [0.4, 0.5) is 8.78 Å². The number of carbonyl (C=O) groups is 1. The fraction of sp³-hybridized carbons (Fsp3) is 0.364. The highest BCUT2D eigenvalue weighted by molar-refractivity contribution is 6.01. The molecular formula is C22H22F2N2O2. The monoisotopic (exact) mass is 384 g/mol. The zero-order valence-corrected chi connectivity index (χ0v) is 15.5. The first-order valence-corrected chi connectivity index (χ1v) is 9.61. The summed E-state index contributed by atoms with van der Waals surface area (Å²) in [4.78, 5) is 20.1. The third kappa shape index (κ3) is 4.06. The smallest absolute Gasteiger partial charge is 0.226 e. The molecule has 146 valence electrons. The van der Waals surface area contributed by atoms with E-state index in [9.17, 15) is 13.6 Å². The quantitative estimate of drug-likeness (QED) is 0.746. The fourth-order valence-electron chi connectivity index (χ4n) is 3.57. The summed E-state index contributed by atoms with van der Waals surface area (Å²) < 4.78 is 27.3. The summed E-state index contributed by atoms with van der Waals surface area (Å²) in [6, 6.07) is 13.2. The summed E-state index contributed by atoms with van der Waals surface area (Å²) in [6.07, 6.45) is 3.07. The Bertz CT molecular complexity index is 881. The number of halogens is 2. The summed E-state index contributed by atoms with van der Waals surface area (Å²) in [5, 5.41) is 4.17. The van der Waals surface area contributed by atoms with E-state index < -0.39 is 11.6 Å². The van der Waals surface area contributed by atoms with Gasteiger partial charge >= 0.3 is 0 Å². The SMILES string of the molecule is O=C(C1CCC1)N(Cc1ccc(F)cc1F)C[C@@H]1CC(c2ccccc2)=NO1. The van der Waals surface area contributed by atoms with Crippen molar-refractivity contribution >= 4 is 11.6 Å². The van der Waals surface area contributed by atoms with E-state index in [0.717, 1.165) is 36.6 Å². The summed E-state index contributed by atoms with van der Waals surface area (Å²) >= 11 is 0. The lowest BCUT2D eigenvalue weighted by Crippen LogP contribution is -2.42. The van der Waals surface area contributed by atoms with Crippen LogP contribution < -0.4 is 0 Å². The van der Waals surface area contributed by atoms with E-state index in [2.05, 4.69) is 5.16 Å². The normalized spacial score (nSPS) is 18.9. The van der Waals surface area contributed by atoms with Crippen LogP contribution in [0.2, 0.25) is 0 Å². The molecule has 28 heavy (non-hydrogen) atoms. The van der Waals surface area contributed by atoms with E-state index in [1.165, 1.54) is 12.1 Å². The third-order valence-corrected chi connectivity index (χ3v) is 5.41. The van der Waals surface area contributed by atoms with Crippen LogP contribution in [0.3, 0.4) is 0 Å². The number of hydrogen-bond donors (Lipinski definition) is 0. The highest BCUT2D eigenvalue weighted by Crippen LogP contribution is 2.30. The summed E-state index contributed by atoms with van der Waals surface area (Å²) in [5.41, 5.74) is 2.14. The van der Waals surface area contributed by atoms with Gasteiger partial charge < -0.3 is 9.74 Å². The Hall–Kier alpha value is -2.76. The molecule has 6 heteroatoms. The zero-order valence-electron chi connectivity index (χ0n) is 15.5. The van der Waals surface area contributed by atoms with Crippen molar-refractivity contribution in [2.45, 2.75) is 38.3 Å². The van der Waals surface area contributed by atoms with Crippen molar-refractivity contribution in [1.82, 2.24) is 4.90 Å². The molecule has 0 spiro atoms. The number of nitrogens with zero attached hydrogens (tertiary/aromatic N) is 2. The molecule has 1 aliphatic carbocycles. The van der Waals surface area contributed by atoms with Gasteiger partial charge in [-0.25, -0.2) is 8.78 Å². The minimum absolute atomic E-state index is 0.00624. The molecule has 0 bridgehead atoms. The number of hydrogen-bond acceptors (Lipinski definition) is 3. The van der Waals surface area contributed by atoms with Crippen LogP contribution >= 0.6 is 0 Å².